The maximum absolute atomic E-state index is 3.77. The van der Waals surface area contributed by atoms with Crippen molar-refractivity contribution in [2.75, 3.05) is 20.6 Å². The molecule has 0 spiro atoms. The van der Waals surface area contributed by atoms with Gasteiger partial charge in [-0.3, -0.25) is 4.90 Å². The van der Waals surface area contributed by atoms with Gasteiger partial charge in [0, 0.05) is 11.6 Å². The molecular weight excluding hydrogens is 232 g/mol. The summed E-state index contributed by atoms with van der Waals surface area (Å²) in [6.45, 7) is 1.24. The predicted octanol–water partition coefficient (Wildman–Crippen LogP) is 3.00. The van der Waals surface area contributed by atoms with E-state index < -0.39 is 0 Å². The molecule has 0 aromatic heterocycles. The molecule has 1 N–H and O–H groups in total. The van der Waals surface area contributed by atoms with Crippen molar-refractivity contribution < 1.29 is 0 Å². The number of nitrogens with zero attached hydrogens (tertiary/aromatic N) is 1. The zero-order valence-corrected chi connectivity index (χ0v) is 12.2. The van der Waals surface area contributed by atoms with Crippen molar-refractivity contribution in [1.29, 1.82) is 0 Å². The van der Waals surface area contributed by atoms with Gasteiger partial charge >= 0.3 is 0 Å². The van der Waals surface area contributed by atoms with E-state index in [2.05, 4.69) is 54.6 Å². The number of hydrogen-bond acceptors (Lipinski definition) is 2. The molecule has 0 heterocycles. The van der Waals surface area contributed by atoms with Crippen LogP contribution in [0, 0.1) is 5.92 Å². The summed E-state index contributed by atoms with van der Waals surface area (Å²) in [5.41, 5.74) is 1.74. The van der Waals surface area contributed by atoms with E-state index >= 15 is 0 Å². The molecule has 1 aromatic rings. The van der Waals surface area contributed by atoms with E-state index in [4.69, 9.17) is 0 Å². The van der Waals surface area contributed by atoms with E-state index in [1.54, 1.807) is 0 Å². The first kappa shape index (κ1) is 13.1. The Morgan fingerprint density at radius 1 is 1.16 bits per heavy atom. The Morgan fingerprint density at radius 3 is 2.37 bits per heavy atom. The topological polar surface area (TPSA) is 15.3 Å². The standard InChI is InChI=1S/C17H26N2/c1-19(2)17(15-9-4-3-5-10-15)11-16(12-17)18-13-14-7-6-8-14/h3-5,9-10,14,16,18H,6-8,11-13H2,1-2H3. The van der Waals surface area contributed by atoms with Crippen LogP contribution in [0.2, 0.25) is 0 Å². The second-order valence-electron chi connectivity index (χ2n) is 6.60. The number of rotatable bonds is 5. The first-order valence-electron chi connectivity index (χ1n) is 7.67. The lowest BCUT2D eigenvalue weighted by molar-refractivity contribution is 0.0219. The van der Waals surface area contributed by atoms with Crippen molar-refractivity contribution in [3.8, 4) is 0 Å². The minimum Gasteiger partial charge on any atom is -0.314 e. The molecule has 0 bridgehead atoms. The van der Waals surface area contributed by atoms with Gasteiger partial charge < -0.3 is 5.32 Å². The summed E-state index contributed by atoms with van der Waals surface area (Å²) in [6, 6.07) is 11.7. The van der Waals surface area contributed by atoms with Crippen LogP contribution in [0.3, 0.4) is 0 Å². The molecule has 0 aliphatic heterocycles. The predicted molar refractivity (Wildman–Crippen MR) is 80.2 cm³/mol. The van der Waals surface area contributed by atoms with Gasteiger partial charge in [0.2, 0.25) is 0 Å². The molecule has 2 aliphatic rings. The Hall–Kier alpha value is -0.860. The fraction of sp³-hybridized carbons (Fsp3) is 0.647. The third-order valence-corrected chi connectivity index (χ3v) is 5.26. The van der Waals surface area contributed by atoms with Gasteiger partial charge in [0.1, 0.15) is 0 Å². The number of nitrogens with one attached hydrogen (secondary N) is 1. The minimum atomic E-state index is 0.262. The van der Waals surface area contributed by atoms with E-state index in [0.717, 1.165) is 5.92 Å². The average molecular weight is 258 g/mol. The van der Waals surface area contributed by atoms with Gasteiger partial charge in [0.15, 0.2) is 0 Å². The zero-order valence-electron chi connectivity index (χ0n) is 12.2. The van der Waals surface area contributed by atoms with Crippen LogP contribution in [0.15, 0.2) is 30.3 Å². The van der Waals surface area contributed by atoms with Crippen LogP contribution in [-0.4, -0.2) is 31.6 Å². The van der Waals surface area contributed by atoms with Crippen LogP contribution in [0.25, 0.3) is 0 Å². The Labute approximate surface area is 117 Å². The number of hydrogen-bond donors (Lipinski definition) is 1. The van der Waals surface area contributed by atoms with Gasteiger partial charge in [-0.15, -0.1) is 0 Å². The Kier molecular flexibility index (Phi) is 3.64. The van der Waals surface area contributed by atoms with Crippen LogP contribution in [0.5, 0.6) is 0 Å². The molecule has 104 valence electrons. The van der Waals surface area contributed by atoms with Crippen molar-refractivity contribution >= 4 is 0 Å². The van der Waals surface area contributed by atoms with Crippen molar-refractivity contribution in [3.05, 3.63) is 35.9 Å². The summed E-state index contributed by atoms with van der Waals surface area (Å²) in [5.74, 6) is 0.964. The fourth-order valence-corrected chi connectivity index (χ4v) is 3.54. The summed E-state index contributed by atoms with van der Waals surface area (Å²) in [5, 5.41) is 3.77. The molecule has 2 saturated carbocycles. The maximum Gasteiger partial charge on any atom is 0.0484 e. The van der Waals surface area contributed by atoms with Crippen LogP contribution in [0.1, 0.15) is 37.7 Å². The second kappa shape index (κ2) is 5.26. The summed E-state index contributed by atoms with van der Waals surface area (Å²) < 4.78 is 0. The molecule has 1 aromatic carbocycles. The lowest BCUT2D eigenvalue weighted by Gasteiger charge is -2.53. The van der Waals surface area contributed by atoms with E-state index in [1.807, 2.05) is 0 Å². The Morgan fingerprint density at radius 2 is 1.84 bits per heavy atom. The molecule has 0 saturated heterocycles. The highest BCUT2D eigenvalue weighted by atomic mass is 15.2. The van der Waals surface area contributed by atoms with Crippen molar-refractivity contribution in [2.45, 2.75) is 43.7 Å². The third-order valence-electron chi connectivity index (χ3n) is 5.26. The van der Waals surface area contributed by atoms with Gasteiger partial charge in [-0.1, -0.05) is 36.8 Å². The normalized spacial score (nSPS) is 31.0. The van der Waals surface area contributed by atoms with E-state index in [-0.39, 0.29) is 5.54 Å². The quantitative estimate of drug-likeness (QED) is 0.873. The molecule has 0 amide bonds. The van der Waals surface area contributed by atoms with Gasteiger partial charge in [-0.25, -0.2) is 0 Å². The maximum atomic E-state index is 3.77. The smallest absolute Gasteiger partial charge is 0.0484 e. The molecule has 2 fully saturated rings. The van der Waals surface area contributed by atoms with Crippen molar-refractivity contribution in [3.63, 3.8) is 0 Å². The molecule has 2 nitrogen and oxygen atoms in total. The SMILES string of the molecule is CN(C)C1(c2ccccc2)CC(NCC2CCC2)C1. The van der Waals surface area contributed by atoms with E-state index in [9.17, 15) is 0 Å². The van der Waals surface area contributed by atoms with Gasteiger partial charge in [0.05, 0.1) is 0 Å². The molecule has 2 aliphatic carbocycles. The van der Waals surface area contributed by atoms with E-state index in [0.29, 0.717) is 6.04 Å². The van der Waals surface area contributed by atoms with Gasteiger partial charge in [-0.05, 0) is 57.8 Å². The molecule has 0 radical (unpaired) electrons. The highest BCUT2D eigenvalue weighted by Gasteiger charge is 2.47. The van der Waals surface area contributed by atoms with Gasteiger partial charge in [0.25, 0.3) is 0 Å². The first-order valence-corrected chi connectivity index (χ1v) is 7.67. The summed E-state index contributed by atoms with van der Waals surface area (Å²) in [4.78, 5) is 2.41. The van der Waals surface area contributed by atoms with Crippen molar-refractivity contribution in [1.82, 2.24) is 10.2 Å². The first-order chi connectivity index (χ1) is 9.21. The van der Waals surface area contributed by atoms with Crippen LogP contribution >= 0.6 is 0 Å². The molecular formula is C17H26N2. The largest absolute Gasteiger partial charge is 0.314 e. The van der Waals surface area contributed by atoms with Crippen LogP contribution in [-0.2, 0) is 5.54 Å². The lowest BCUT2D eigenvalue weighted by Crippen LogP contribution is -2.59. The molecule has 2 heteroatoms. The summed E-state index contributed by atoms with van der Waals surface area (Å²) in [6.07, 6.45) is 6.82. The number of benzene rings is 1. The Balaban J connectivity index is 1.59. The molecule has 3 rings (SSSR count). The molecule has 0 unspecified atom stereocenters. The summed E-state index contributed by atoms with van der Waals surface area (Å²) in [7, 11) is 4.43. The lowest BCUT2D eigenvalue weighted by atomic mass is 9.67. The zero-order chi connectivity index (χ0) is 13.3. The van der Waals surface area contributed by atoms with Crippen molar-refractivity contribution in [2.24, 2.45) is 5.92 Å². The summed E-state index contributed by atoms with van der Waals surface area (Å²) >= 11 is 0. The van der Waals surface area contributed by atoms with Crippen LogP contribution < -0.4 is 5.32 Å². The fourth-order valence-electron chi connectivity index (χ4n) is 3.54. The van der Waals surface area contributed by atoms with Crippen LogP contribution in [0.4, 0.5) is 0 Å². The second-order valence-corrected chi connectivity index (χ2v) is 6.60. The molecule has 0 atom stereocenters. The Bertz CT molecular complexity index is 403. The van der Waals surface area contributed by atoms with Gasteiger partial charge in [-0.2, -0.15) is 0 Å². The van der Waals surface area contributed by atoms with E-state index in [1.165, 1.54) is 44.2 Å². The monoisotopic (exact) mass is 258 g/mol. The molecule has 19 heavy (non-hydrogen) atoms. The highest BCUT2D eigenvalue weighted by Crippen LogP contribution is 2.45. The minimum absolute atomic E-state index is 0.262. The third kappa shape index (κ3) is 2.44. The highest BCUT2D eigenvalue weighted by molar-refractivity contribution is 5.28. The average Bonchev–Trinajstić information content (AvgIpc) is 2.30.